The number of carbonyl (C=O) groups is 1. The lowest BCUT2D eigenvalue weighted by molar-refractivity contribution is -0.385. The number of aliphatic hydroxyl groups is 1. The number of nitrogens with zero attached hydrogens (tertiary/aromatic N) is 3. The number of halogens is 3. The first-order valence-electron chi connectivity index (χ1n) is 8.05. The molecule has 2 aromatic rings. The fraction of sp³-hybridized carbons (Fsp3) is 0.222. The van der Waals surface area contributed by atoms with Crippen molar-refractivity contribution in [1.82, 2.24) is 5.01 Å². The van der Waals surface area contributed by atoms with E-state index in [0.717, 1.165) is 12.1 Å². The van der Waals surface area contributed by atoms with E-state index in [2.05, 4.69) is 5.10 Å². The second kappa shape index (κ2) is 6.71. The quantitative estimate of drug-likeness (QED) is 0.638. The molecule has 1 aliphatic rings. The van der Waals surface area contributed by atoms with Crippen LogP contribution in [-0.2, 0) is 5.72 Å². The van der Waals surface area contributed by atoms with Gasteiger partial charge in [-0.25, -0.2) is 0 Å². The van der Waals surface area contributed by atoms with Crippen molar-refractivity contribution in [2.45, 2.75) is 25.2 Å². The first kappa shape index (κ1) is 19.5. The van der Waals surface area contributed by atoms with E-state index in [-0.39, 0.29) is 11.1 Å². The van der Waals surface area contributed by atoms with E-state index in [1.807, 2.05) is 0 Å². The molecule has 146 valence electrons. The topological polar surface area (TPSA) is 96.0 Å². The first-order chi connectivity index (χ1) is 13.0. The second-order valence-electron chi connectivity index (χ2n) is 6.33. The summed E-state index contributed by atoms with van der Waals surface area (Å²) < 4.78 is 39.7. The third-order valence-electron chi connectivity index (χ3n) is 4.29. The molecule has 0 aliphatic carbocycles. The van der Waals surface area contributed by atoms with E-state index in [1.54, 1.807) is 19.1 Å². The summed E-state index contributed by atoms with van der Waals surface area (Å²) in [5.41, 5.74) is -3.85. The minimum absolute atomic E-state index is 0.0241. The molecule has 10 heteroatoms. The van der Waals surface area contributed by atoms with Gasteiger partial charge >= 0.3 is 6.18 Å². The summed E-state index contributed by atoms with van der Waals surface area (Å²) in [5, 5.41) is 25.7. The molecule has 0 saturated heterocycles. The molecule has 1 N–H and O–H groups in total. The van der Waals surface area contributed by atoms with Crippen molar-refractivity contribution in [2.24, 2.45) is 5.10 Å². The molecular weight excluding hydrogens is 379 g/mol. The highest BCUT2D eigenvalue weighted by molar-refractivity contribution is 6.00. The Kier molecular flexibility index (Phi) is 4.67. The van der Waals surface area contributed by atoms with Gasteiger partial charge in [0.05, 0.1) is 11.3 Å². The lowest BCUT2D eigenvalue weighted by Crippen LogP contribution is -2.43. The van der Waals surface area contributed by atoms with Crippen LogP contribution in [0.4, 0.5) is 18.9 Å². The Hall–Kier alpha value is -3.27. The fourth-order valence-corrected chi connectivity index (χ4v) is 2.91. The third-order valence-corrected chi connectivity index (χ3v) is 4.29. The van der Waals surface area contributed by atoms with Crippen LogP contribution >= 0.6 is 0 Å². The van der Waals surface area contributed by atoms with Crippen molar-refractivity contribution in [2.75, 3.05) is 0 Å². The predicted molar refractivity (Wildman–Crippen MR) is 92.4 cm³/mol. The number of hydrogen-bond donors (Lipinski definition) is 1. The Morgan fingerprint density at radius 1 is 1.25 bits per heavy atom. The maximum absolute atomic E-state index is 13.2. The van der Waals surface area contributed by atoms with Crippen LogP contribution in [0.15, 0.2) is 53.6 Å². The van der Waals surface area contributed by atoms with Gasteiger partial charge in [-0.2, -0.15) is 23.3 Å². The molecule has 0 unspecified atom stereocenters. The SMILES string of the molecule is Cc1cccc(C(=O)N2N=C(C(F)(F)F)C[C@@]2(O)c2cccc([N+](=O)[O-])c2)c1. The lowest BCUT2D eigenvalue weighted by Gasteiger charge is -2.31. The number of nitro groups is 1. The van der Waals surface area contributed by atoms with Crippen LogP contribution in [0.25, 0.3) is 0 Å². The molecule has 1 amide bonds. The number of benzene rings is 2. The molecule has 1 atom stereocenters. The molecule has 0 aromatic heterocycles. The summed E-state index contributed by atoms with van der Waals surface area (Å²) >= 11 is 0. The molecule has 0 fully saturated rings. The van der Waals surface area contributed by atoms with E-state index in [0.29, 0.717) is 10.6 Å². The highest BCUT2D eigenvalue weighted by Gasteiger charge is 2.53. The van der Waals surface area contributed by atoms with E-state index in [4.69, 9.17) is 0 Å². The molecule has 0 spiro atoms. The minimum atomic E-state index is -4.88. The first-order valence-corrected chi connectivity index (χ1v) is 8.05. The average Bonchev–Trinajstić information content (AvgIpc) is 3.00. The van der Waals surface area contributed by atoms with E-state index < -0.39 is 40.6 Å². The summed E-state index contributed by atoms with van der Waals surface area (Å²) in [4.78, 5) is 23.1. The second-order valence-corrected chi connectivity index (χ2v) is 6.33. The highest BCUT2D eigenvalue weighted by atomic mass is 19.4. The van der Waals surface area contributed by atoms with Crippen molar-refractivity contribution in [3.63, 3.8) is 0 Å². The number of amides is 1. The lowest BCUT2D eigenvalue weighted by atomic mass is 9.96. The van der Waals surface area contributed by atoms with Gasteiger partial charge in [0.15, 0.2) is 5.72 Å². The predicted octanol–water partition coefficient (Wildman–Crippen LogP) is 3.51. The Morgan fingerprint density at radius 3 is 2.54 bits per heavy atom. The largest absolute Gasteiger partial charge is 0.431 e. The normalized spacial score (nSPS) is 19.5. The maximum Gasteiger partial charge on any atom is 0.431 e. The summed E-state index contributed by atoms with van der Waals surface area (Å²) in [6, 6.07) is 10.5. The van der Waals surface area contributed by atoms with Gasteiger partial charge < -0.3 is 5.11 Å². The number of hydrogen-bond acceptors (Lipinski definition) is 5. The van der Waals surface area contributed by atoms with Crippen LogP contribution in [-0.4, -0.2) is 32.8 Å². The highest BCUT2D eigenvalue weighted by Crippen LogP contribution is 2.41. The van der Waals surface area contributed by atoms with Gasteiger partial charge in [-0.3, -0.25) is 14.9 Å². The standard InChI is InChI=1S/C18H14F3N3O4/c1-11-4-2-5-12(8-11)16(25)23-17(26,10-15(22-23)18(19,20)21)13-6-3-7-14(9-13)24(27)28/h2-9,26H,10H2,1H3/t17-/m1/s1. The smallest absolute Gasteiger partial charge is 0.365 e. The van der Waals surface area contributed by atoms with Crippen LogP contribution < -0.4 is 0 Å². The van der Waals surface area contributed by atoms with Crippen molar-refractivity contribution in [1.29, 1.82) is 0 Å². The van der Waals surface area contributed by atoms with Gasteiger partial charge in [-0.1, -0.05) is 29.8 Å². The Balaban J connectivity index is 2.12. The van der Waals surface area contributed by atoms with Crippen LogP contribution in [0, 0.1) is 17.0 Å². The molecule has 1 heterocycles. The molecule has 0 saturated carbocycles. The number of rotatable bonds is 3. The zero-order valence-corrected chi connectivity index (χ0v) is 14.5. The fourth-order valence-electron chi connectivity index (χ4n) is 2.91. The molecule has 0 radical (unpaired) electrons. The zero-order valence-electron chi connectivity index (χ0n) is 14.5. The molecule has 28 heavy (non-hydrogen) atoms. The molecule has 7 nitrogen and oxygen atoms in total. The van der Waals surface area contributed by atoms with Crippen LogP contribution in [0.2, 0.25) is 0 Å². The summed E-state index contributed by atoms with van der Waals surface area (Å²) in [5.74, 6) is -0.961. The van der Waals surface area contributed by atoms with Gasteiger partial charge in [0.2, 0.25) is 0 Å². The van der Waals surface area contributed by atoms with Crippen LogP contribution in [0.3, 0.4) is 0 Å². The molecule has 2 aromatic carbocycles. The van der Waals surface area contributed by atoms with Gasteiger partial charge in [0.25, 0.3) is 11.6 Å². The average molecular weight is 393 g/mol. The molecule has 0 bridgehead atoms. The van der Waals surface area contributed by atoms with Crippen molar-refractivity contribution >= 4 is 17.3 Å². The van der Waals surface area contributed by atoms with Crippen molar-refractivity contribution in [3.8, 4) is 0 Å². The van der Waals surface area contributed by atoms with Crippen molar-refractivity contribution in [3.05, 3.63) is 75.3 Å². The molecular formula is C18H14F3N3O4. The summed E-state index contributed by atoms with van der Waals surface area (Å²) in [7, 11) is 0. The van der Waals surface area contributed by atoms with E-state index in [1.165, 1.54) is 24.3 Å². The Bertz CT molecular complexity index is 990. The Morgan fingerprint density at radius 2 is 1.93 bits per heavy atom. The maximum atomic E-state index is 13.2. The number of aryl methyl sites for hydroxylation is 1. The van der Waals surface area contributed by atoms with E-state index >= 15 is 0 Å². The van der Waals surface area contributed by atoms with Gasteiger partial charge in [-0.15, -0.1) is 0 Å². The third kappa shape index (κ3) is 3.46. The van der Waals surface area contributed by atoms with Gasteiger partial charge in [0.1, 0.15) is 5.71 Å². The number of carbonyl (C=O) groups excluding carboxylic acids is 1. The number of non-ortho nitro benzene ring substituents is 1. The molecule has 1 aliphatic heterocycles. The van der Waals surface area contributed by atoms with Crippen LogP contribution in [0.5, 0.6) is 0 Å². The Labute approximate surface area is 156 Å². The molecule has 3 rings (SSSR count). The van der Waals surface area contributed by atoms with Crippen molar-refractivity contribution < 1.29 is 28.0 Å². The number of hydrazone groups is 1. The van der Waals surface area contributed by atoms with Crippen LogP contribution in [0.1, 0.15) is 27.9 Å². The zero-order chi connectivity index (χ0) is 20.7. The number of nitro benzene ring substituents is 1. The van der Waals surface area contributed by atoms with Gasteiger partial charge in [-0.05, 0) is 19.1 Å². The summed E-state index contributed by atoms with van der Waals surface area (Å²) in [6.45, 7) is 1.69. The minimum Gasteiger partial charge on any atom is -0.365 e. The van der Waals surface area contributed by atoms with E-state index in [9.17, 15) is 33.2 Å². The van der Waals surface area contributed by atoms with Gasteiger partial charge in [0, 0.05) is 23.3 Å². The summed E-state index contributed by atoms with van der Waals surface area (Å²) in [6.07, 6.45) is -5.93. The monoisotopic (exact) mass is 393 g/mol. The number of alkyl halides is 3.